The SMILES string of the molecule is COc1ccc(C(C)(C)c2ccc(CO)c(C(=C=Nc3ccccc3Cl)c3ccccc3)c2)cc1C(=C=Nc1ccccc1Cl)c1ccccc1. The summed E-state index contributed by atoms with van der Waals surface area (Å²) in [7, 11) is 1.67. The van der Waals surface area contributed by atoms with Crippen molar-refractivity contribution >= 4 is 57.5 Å². The first-order chi connectivity index (χ1) is 24.8. The molecule has 6 rings (SSSR count). The van der Waals surface area contributed by atoms with Crippen molar-refractivity contribution in [3.63, 3.8) is 0 Å². The van der Waals surface area contributed by atoms with Crippen LogP contribution in [0.25, 0.3) is 11.1 Å². The van der Waals surface area contributed by atoms with Gasteiger partial charge in [-0.2, -0.15) is 0 Å². The Morgan fingerprint density at radius 1 is 0.608 bits per heavy atom. The fraction of sp³-hybridized carbons (Fsp3) is 0.111. The van der Waals surface area contributed by atoms with Gasteiger partial charge >= 0.3 is 0 Å². The highest BCUT2D eigenvalue weighted by atomic mass is 35.5. The standard InChI is InChI=1S/C45H36Cl2N2O2/c1-45(2,34-23-22-33(30-50)36(26-34)38(31-14-6-4-7-15-31)28-48-42-20-12-10-18-40(42)46)35-24-25-44(51-3)37(27-35)39(32-16-8-5-9-17-32)29-49-43-21-13-11-19-41(43)47/h4-27,50H,30H2,1-3H3. The number of nitrogens with zero attached hydrogens (tertiary/aromatic N) is 2. The summed E-state index contributed by atoms with van der Waals surface area (Å²) in [6, 6.07) is 47.2. The van der Waals surface area contributed by atoms with Gasteiger partial charge in [0.15, 0.2) is 0 Å². The van der Waals surface area contributed by atoms with Gasteiger partial charge in [-0.1, -0.05) is 140 Å². The van der Waals surface area contributed by atoms with E-state index < -0.39 is 5.41 Å². The minimum Gasteiger partial charge on any atom is -0.496 e. The third kappa shape index (κ3) is 7.98. The monoisotopic (exact) mass is 706 g/mol. The highest BCUT2D eigenvalue weighted by Crippen LogP contribution is 2.39. The lowest BCUT2D eigenvalue weighted by Crippen LogP contribution is -2.20. The number of ether oxygens (including phenoxy) is 1. The Balaban J connectivity index is 1.52. The van der Waals surface area contributed by atoms with Crippen molar-refractivity contribution in [2.75, 3.05) is 7.11 Å². The maximum atomic E-state index is 10.5. The van der Waals surface area contributed by atoms with Gasteiger partial charge in [-0.05, 0) is 87.6 Å². The number of methoxy groups -OCH3 is 1. The lowest BCUT2D eigenvalue weighted by Gasteiger charge is -2.28. The van der Waals surface area contributed by atoms with Crippen LogP contribution >= 0.6 is 23.2 Å². The molecule has 4 nitrogen and oxygen atoms in total. The van der Waals surface area contributed by atoms with Gasteiger partial charge in [0.05, 0.1) is 46.3 Å². The Labute approximate surface area is 309 Å². The minimum atomic E-state index is -0.493. The lowest BCUT2D eigenvalue weighted by molar-refractivity contribution is 0.281. The molecule has 0 bridgehead atoms. The van der Waals surface area contributed by atoms with Gasteiger partial charge in [-0.3, -0.25) is 0 Å². The summed E-state index contributed by atoms with van der Waals surface area (Å²) in [5.41, 5.74) is 8.63. The molecule has 0 aliphatic rings. The maximum absolute atomic E-state index is 10.5. The van der Waals surface area contributed by atoms with Crippen LogP contribution in [0.1, 0.15) is 52.8 Å². The second-order valence-electron chi connectivity index (χ2n) is 12.4. The Hall–Kier alpha value is -5.44. The number of benzene rings is 6. The van der Waals surface area contributed by atoms with Gasteiger partial charge in [-0.15, -0.1) is 0 Å². The van der Waals surface area contributed by atoms with Crippen LogP contribution in [0.3, 0.4) is 0 Å². The molecule has 0 spiro atoms. The summed E-state index contributed by atoms with van der Waals surface area (Å²) in [5.74, 6) is 7.29. The van der Waals surface area contributed by atoms with E-state index in [0.29, 0.717) is 27.2 Å². The molecule has 0 aliphatic heterocycles. The molecule has 252 valence electrons. The molecule has 51 heavy (non-hydrogen) atoms. The van der Waals surface area contributed by atoms with E-state index in [9.17, 15) is 5.11 Å². The molecule has 1 N–H and O–H groups in total. The minimum absolute atomic E-state index is 0.150. The summed E-state index contributed by atoms with van der Waals surface area (Å²) < 4.78 is 5.91. The largest absolute Gasteiger partial charge is 0.496 e. The van der Waals surface area contributed by atoms with Crippen molar-refractivity contribution in [1.82, 2.24) is 0 Å². The first kappa shape index (κ1) is 35.4. The maximum Gasteiger partial charge on any atom is 0.127 e. The van der Waals surface area contributed by atoms with Crippen molar-refractivity contribution in [2.24, 2.45) is 9.98 Å². The summed E-state index contributed by atoms with van der Waals surface area (Å²) in [4.78, 5) is 9.35. The second-order valence-corrected chi connectivity index (χ2v) is 13.2. The number of hydrogen-bond donors (Lipinski definition) is 1. The van der Waals surface area contributed by atoms with Gasteiger partial charge in [0.2, 0.25) is 0 Å². The molecule has 6 heteroatoms. The normalized spacial score (nSPS) is 10.9. The van der Waals surface area contributed by atoms with Crippen LogP contribution in [0, 0.1) is 0 Å². The van der Waals surface area contributed by atoms with E-state index in [-0.39, 0.29) is 6.61 Å². The fourth-order valence-corrected chi connectivity index (χ4v) is 6.24. The number of rotatable bonds is 10. The zero-order valence-corrected chi connectivity index (χ0v) is 30.1. The Morgan fingerprint density at radius 3 is 1.55 bits per heavy atom. The second kappa shape index (κ2) is 16.1. The van der Waals surface area contributed by atoms with E-state index in [1.54, 1.807) is 13.2 Å². The van der Waals surface area contributed by atoms with Gasteiger partial charge in [0, 0.05) is 11.0 Å². The number of para-hydroxylation sites is 2. The Kier molecular flexibility index (Phi) is 11.1. The number of aliphatic hydroxyl groups is 1. The van der Waals surface area contributed by atoms with Crippen molar-refractivity contribution in [2.45, 2.75) is 25.9 Å². The molecule has 6 aromatic carbocycles. The predicted molar refractivity (Wildman–Crippen MR) is 212 cm³/mol. The van der Waals surface area contributed by atoms with Gasteiger partial charge < -0.3 is 9.84 Å². The van der Waals surface area contributed by atoms with E-state index in [1.807, 2.05) is 115 Å². The van der Waals surface area contributed by atoms with Crippen LogP contribution in [0.15, 0.2) is 156 Å². The quantitative estimate of drug-likeness (QED) is 0.144. The van der Waals surface area contributed by atoms with E-state index in [1.165, 1.54) is 0 Å². The van der Waals surface area contributed by atoms with Gasteiger partial charge in [0.25, 0.3) is 0 Å². The molecule has 0 unspecified atom stereocenters. The molecular formula is C45H36Cl2N2O2. The van der Waals surface area contributed by atoms with Crippen LogP contribution in [0.2, 0.25) is 10.0 Å². The van der Waals surface area contributed by atoms with Crippen LogP contribution in [-0.2, 0) is 12.0 Å². The molecule has 0 heterocycles. The van der Waals surface area contributed by atoms with Crippen molar-refractivity contribution in [3.05, 3.63) is 195 Å². The molecule has 0 saturated carbocycles. The van der Waals surface area contributed by atoms with E-state index in [0.717, 1.165) is 50.1 Å². The van der Waals surface area contributed by atoms with E-state index in [2.05, 4.69) is 59.8 Å². The lowest BCUT2D eigenvalue weighted by atomic mass is 9.75. The zero-order valence-electron chi connectivity index (χ0n) is 28.6. The van der Waals surface area contributed by atoms with Crippen molar-refractivity contribution in [3.8, 4) is 5.75 Å². The molecule has 0 aliphatic carbocycles. The number of aliphatic hydroxyl groups excluding tert-OH is 1. The third-order valence-corrected chi connectivity index (χ3v) is 9.51. The van der Waals surface area contributed by atoms with E-state index >= 15 is 0 Å². The summed E-state index contributed by atoms with van der Waals surface area (Å²) >= 11 is 12.9. The van der Waals surface area contributed by atoms with E-state index in [4.69, 9.17) is 27.9 Å². The first-order valence-electron chi connectivity index (χ1n) is 16.5. The van der Waals surface area contributed by atoms with Crippen LogP contribution < -0.4 is 4.74 Å². The number of halogens is 2. The summed E-state index contributed by atoms with van der Waals surface area (Å²) in [6.07, 6.45) is 0. The molecule has 6 aromatic rings. The average molecular weight is 708 g/mol. The number of aliphatic imine (C=N–C) groups is 2. The molecule has 0 radical (unpaired) electrons. The average Bonchev–Trinajstić information content (AvgIpc) is 3.17. The van der Waals surface area contributed by atoms with Crippen molar-refractivity contribution in [1.29, 1.82) is 0 Å². The highest BCUT2D eigenvalue weighted by Gasteiger charge is 2.27. The summed E-state index contributed by atoms with van der Waals surface area (Å²) in [6.45, 7) is 4.22. The Morgan fingerprint density at radius 2 is 1.06 bits per heavy atom. The van der Waals surface area contributed by atoms with Crippen LogP contribution in [0.5, 0.6) is 5.75 Å². The smallest absolute Gasteiger partial charge is 0.127 e. The molecular weight excluding hydrogens is 671 g/mol. The molecule has 0 aromatic heterocycles. The molecule has 0 atom stereocenters. The van der Waals surface area contributed by atoms with Crippen molar-refractivity contribution < 1.29 is 9.84 Å². The fourth-order valence-electron chi connectivity index (χ4n) is 5.88. The highest BCUT2D eigenvalue weighted by molar-refractivity contribution is 6.33. The predicted octanol–water partition coefficient (Wildman–Crippen LogP) is 11.7. The molecule has 0 fully saturated rings. The third-order valence-electron chi connectivity index (χ3n) is 8.87. The van der Waals surface area contributed by atoms with Crippen LogP contribution in [0.4, 0.5) is 11.4 Å². The number of hydrogen-bond acceptors (Lipinski definition) is 4. The summed E-state index contributed by atoms with van der Waals surface area (Å²) in [5, 5.41) is 11.6. The van der Waals surface area contributed by atoms with Crippen LogP contribution in [-0.4, -0.2) is 24.0 Å². The van der Waals surface area contributed by atoms with Gasteiger partial charge in [0.1, 0.15) is 5.75 Å². The molecule has 0 saturated heterocycles. The van der Waals surface area contributed by atoms with Gasteiger partial charge in [-0.25, -0.2) is 9.98 Å². The molecule has 0 amide bonds. The Bertz CT molecular complexity index is 2140. The zero-order chi connectivity index (χ0) is 35.8. The first-order valence-corrected chi connectivity index (χ1v) is 17.3. The topological polar surface area (TPSA) is 54.2 Å².